The lowest BCUT2D eigenvalue weighted by molar-refractivity contribution is 0.0811. The van der Waals surface area contributed by atoms with E-state index in [0.717, 1.165) is 6.07 Å². The average molecular weight is 297 g/mol. The summed E-state index contributed by atoms with van der Waals surface area (Å²) in [6, 6.07) is 9.89. The number of carbonyl (C=O) groups is 1. The molecule has 0 spiro atoms. The van der Waals surface area contributed by atoms with Gasteiger partial charge in [-0.25, -0.2) is 4.39 Å². The summed E-state index contributed by atoms with van der Waals surface area (Å²) in [4.78, 5) is 12.1. The van der Waals surface area contributed by atoms with E-state index < -0.39 is 17.7 Å². The second kappa shape index (κ2) is 6.01. The quantitative estimate of drug-likeness (QED) is 0.788. The van der Waals surface area contributed by atoms with Crippen LogP contribution in [0.2, 0.25) is 5.02 Å². The van der Waals surface area contributed by atoms with E-state index >= 15 is 0 Å². The molecule has 0 saturated carbocycles. The third-order valence-electron chi connectivity index (χ3n) is 2.70. The summed E-state index contributed by atoms with van der Waals surface area (Å²) in [6.07, 6.45) is -0.954. The van der Waals surface area contributed by atoms with Crippen LogP contribution in [0.25, 0.3) is 0 Å². The number of carbonyl (C=O) groups excluding carboxylic acids is 1. The minimum absolute atomic E-state index is 0.298. The third-order valence-corrected chi connectivity index (χ3v) is 2.93. The number of hydrogen-bond donors (Lipinski definition) is 0. The molecule has 0 amide bonds. The SMILES string of the molecule is CC(Oc1cccc(F)c1F)C(=O)c1cccc(Cl)c1. The molecule has 20 heavy (non-hydrogen) atoms. The standard InChI is InChI=1S/C15H11ClF2O2/c1-9(15(19)10-4-2-5-11(16)8-10)20-13-7-3-6-12(17)14(13)18/h2-9H,1H3. The normalized spacial score (nSPS) is 12.0. The van der Waals surface area contributed by atoms with Crippen LogP contribution >= 0.6 is 11.6 Å². The molecular weight excluding hydrogens is 286 g/mol. The van der Waals surface area contributed by atoms with E-state index in [9.17, 15) is 13.6 Å². The second-order valence-electron chi connectivity index (χ2n) is 4.19. The van der Waals surface area contributed by atoms with Gasteiger partial charge in [0.15, 0.2) is 17.7 Å². The Morgan fingerprint density at radius 2 is 1.90 bits per heavy atom. The Bertz CT molecular complexity index is 644. The number of ketones is 1. The predicted octanol–water partition coefficient (Wildman–Crippen LogP) is 4.27. The van der Waals surface area contributed by atoms with Gasteiger partial charge in [0.25, 0.3) is 0 Å². The molecule has 0 aromatic heterocycles. The molecule has 0 saturated heterocycles. The molecule has 2 nitrogen and oxygen atoms in total. The zero-order chi connectivity index (χ0) is 14.7. The summed E-state index contributed by atoms with van der Waals surface area (Å²) >= 11 is 5.80. The van der Waals surface area contributed by atoms with Crippen LogP contribution in [0.3, 0.4) is 0 Å². The van der Waals surface area contributed by atoms with Crippen molar-refractivity contribution in [3.05, 3.63) is 64.7 Å². The minimum atomic E-state index is -1.11. The van der Waals surface area contributed by atoms with Crippen molar-refractivity contribution < 1.29 is 18.3 Å². The maximum absolute atomic E-state index is 13.5. The number of ether oxygens (including phenoxy) is 1. The van der Waals surface area contributed by atoms with Crippen LogP contribution in [-0.2, 0) is 0 Å². The lowest BCUT2D eigenvalue weighted by Gasteiger charge is -2.14. The van der Waals surface area contributed by atoms with E-state index in [0.29, 0.717) is 10.6 Å². The fraction of sp³-hybridized carbons (Fsp3) is 0.133. The highest BCUT2D eigenvalue weighted by Gasteiger charge is 2.19. The summed E-state index contributed by atoms with van der Waals surface area (Å²) in [5.74, 6) is -2.80. The first kappa shape index (κ1) is 14.5. The van der Waals surface area contributed by atoms with Crippen LogP contribution in [0, 0.1) is 11.6 Å². The van der Waals surface area contributed by atoms with Gasteiger partial charge in [-0.1, -0.05) is 29.8 Å². The van der Waals surface area contributed by atoms with E-state index in [1.165, 1.54) is 25.1 Å². The van der Waals surface area contributed by atoms with Gasteiger partial charge in [0, 0.05) is 10.6 Å². The zero-order valence-electron chi connectivity index (χ0n) is 10.6. The third kappa shape index (κ3) is 3.14. The Hall–Kier alpha value is -1.94. The Labute approximate surface area is 119 Å². The summed E-state index contributed by atoms with van der Waals surface area (Å²) < 4.78 is 31.7. The number of benzene rings is 2. The predicted molar refractivity (Wildman–Crippen MR) is 72.2 cm³/mol. The molecule has 0 bridgehead atoms. The van der Waals surface area contributed by atoms with Gasteiger partial charge >= 0.3 is 0 Å². The molecule has 2 aromatic carbocycles. The topological polar surface area (TPSA) is 26.3 Å². The number of rotatable bonds is 4. The second-order valence-corrected chi connectivity index (χ2v) is 4.62. The Morgan fingerprint density at radius 3 is 2.60 bits per heavy atom. The molecule has 104 valence electrons. The van der Waals surface area contributed by atoms with E-state index in [4.69, 9.17) is 16.3 Å². The minimum Gasteiger partial charge on any atom is -0.479 e. The molecule has 1 unspecified atom stereocenters. The van der Waals surface area contributed by atoms with E-state index in [1.54, 1.807) is 18.2 Å². The van der Waals surface area contributed by atoms with E-state index in [2.05, 4.69) is 0 Å². The van der Waals surface area contributed by atoms with Crippen molar-refractivity contribution in [2.75, 3.05) is 0 Å². The number of hydrogen-bond acceptors (Lipinski definition) is 2. The Kier molecular flexibility index (Phi) is 4.35. The molecule has 5 heteroatoms. The number of Topliss-reactive ketones (excluding diaryl/α,β-unsaturated/α-hetero) is 1. The van der Waals surface area contributed by atoms with Gasteiger partial charge in [0.05, 0.1) is 0 Å². The monoisotopic (exact) mass is 296 g/mol. The van der Waals surface area contributed by atoms with Gasteiger partial charge in [-0.3, -0.25) is 4.79 Å². The highest BCUT2D eigenvalue weighted by atomic mass is 35.5. The van der Waals surface area contributed by atoms with Gasteiger partial charge in [-0.05, 0) is 31.2 Å². The van der Waals surface area contributed by atoms with Gasteiger partial charge in [-0.2, -0.15) is 4.39 Å². The van der Waals surface area contributed by atoms with Crippen LogP contribution < -0.4 is 4.74 Å². The van der Waals surface area contributed by atoms with Crippen LogP contribution in [0.5, 0.6) is 5.75 Å². The average Bonchev–Trinajstić information content (AvgIpc) is 2.43. The smallest absolute Gasteiger partial charge is 0.203 e. The van der Waals surface area contributed by atoms with Crippen molar-refractivity contribution in [1.29, 1.82) is 0 Å². The van der Waals surface area contributed by atoms with E-state index in [-0.39, 0.29) is 11.5 Å². The lowest BCUT2D eigenvalue weighted by Crippen LogP contribution is -2.24. The molecule has 0 N–H and O–H groups in total. The van der Waals surface area contributed by atoms with Crippen LogP contribution in [0.1, 0.15) is 17.3 Å². The van der Waals surface area contributed by atoms with Gasteiger partial charge < -0.3 is 4.74 Å². The summed E-state index contributed by atoms with van der Waals surface area (Å²) in [7, 11) is 0. The largest absolute Gasteiger partial charge is 0.479 e. The fourth-order valence-electron chi connectivity index (χ4n) is 1.70. The van der Waals surface area contributed by atoms with Crippen molar-refractivity contribution in [1.82, 2.24) is 0 Å². The van der Waals surface area contributed by atoms with Gasteiger partial charge in [0.2, 0.25) is 11.6 Å². The van der Waals surface area contributed by atoms with Crippen LogP contribution in [0.15, 0.2) is 42.5 Å². The molecule has 0 radical (unpaired) electrons. The molecule has 0 aliphatic rings. The van der Waals surface area contributed by atoms with Crippen molar-refractivity contribution in [3.63, 3.8) is 0 Å². The van der Waals surface area contributed by atoms with Crippen molar-refractivity contribution in [2.24, 2.45) is 0 Å². The maximum atomic E-state index is 13.5. The van der Waals surface area contributed by atoms with Crippen molar-refractivity contribution >= 4 is 17.4 Å². The van der Waals surface area contributed by atoms with Crippen LogP contribution in [0.4, 0.5) is 8.78 Å². The maximum Gasteiger partial charge on any atom is 0.203 e. The van der Waals surface area contributed by atoms with Crippen molar-refractivity contribution in [3.8, 4) is 5.75 Å². The van der Waals surface area contributed by atoms with Crippen molar-refractivity contribution in [2.45, 2.75) is 13.0 Å². The van der Waals surface area contributed by atoms with E-state index in [1.807, 2.05) is 0 Å². The number of halogens is 3. The highest BCUT2D eigenvalue weighted by molar-refractivity contribution is 6.31. The highest BCUT2D eigenvalue weighted by Crippen LogP contribution is 2.21. The first-order chi connectivity index (χ1) is 9.49. The Morgan fingerprint density at radius 1 is 1.20 bits per heavy atom. The van der Waals surface area contributed by atoms with Gasteiger partial charge in [0.1, 0.15) is 0 Å². The molecule has 0 fully saturated rings. The lowest BCUT2D eigenvalue weighted by atomic mass is 10.1. The summed E-state index contributed by atoms with van der Waals surface area (Å²) in [5.41, 5.74) is 0.349. The molecule has 0 aliphatic heterocycles. The molecule has 0 heterocycles. The first-order valence-corrected chi connectivity index (χ1v) is 6.27. The molecule has 1 atom stereocenters. The fourth-order valence-corrected chi connectivity index (χ4v) is 1.89. The summed E-state index contributed by atoms with van der Waals surface area (Å²) in [5, 5.41) is 0.417. The zero-order valence-corrected chi connectivity index (χ0v) is 11.3. The molecule has 0 aliphatic carbocycles. The molecule has 2 rings (SSSR count). The molecular formula is C15H11ClF2O2. The van der Waals surface area contributed by atoms with Gasteiger partial charge in [-0.15, -0.1) is 0 Å². The first-order valence-electron chi connectivity index (χ1n) is 5.89. The molecule has 2 aromatic rings. The van der Waals surface area contributed by atoms with Crippen LogP contribution in [-0.4, -0.2) is 11.9 Å². The summed E-state index contributed by atoms with van der Waals surface area (Å²) in [6.45, 7) is 1.47. The Balaban J connectivity index is 2.18.